The summed E-state index contributed by atoms with van der Waals surface area (Å²) in [6.07, 6.45) is 5.66. The molecule has 5 nitrogen and oxygen atoms in total. The average Bonchev–Trinajstić information content (AvgIpc) is 2.35. The highest BCUT2D eigenvalue weighted by molar-refractivity contribution is 5.74. The van der Waals surface area contributed by atoms with E-state index in [-0.39, 0.29) is 18.5 Å². The van der Waals surface area contributed by atoms with Gasteiger partial charge in [0.2, 0.25) is 0 Å². The highest BCUT2D eigenvalue weighted by Crippen LogP contribution is 2.34. The predicted molar refractivity (Wildman–Crippen MR) is 71.9 cm³/mol. The van der Waals surface area contributed by atoms with Crippen molar-refractivity contribution in [2.24, 2.45) is 11.8 Å². The number of piperidine rings is 1. The Balaban J connectivity index is 1.78. The molecule has 2 aliphatic rings. The number of urea groups is 1. The van der Waals surface area contributed by atoms with Crippen LogP contribution in [0.15, 0.2) is 0 Å². The number of carbonyl (C=O) groups is 2. The van der Waals surface area contributed by atoms with Crippen LogP contribution in [0.2, 0.25) is 0 Å². The van der Waals surface area contributed by atoms with Gasteiger partial charge in [-0.3, -0.25) is 4.79 Å². The Morgan fingerprint density at radius 1 is 1.32 bits per heavy atom. The van der Waals surface area contributed by atoms with E-state index in [2.05, 4.69) is 5.32 Å². The molecule has 1 aliphatic carbocycles. The van der Waals surface area contributed by atoms with Gasteiger partial charge in [0, 0.05) is 25.6 Å². The number of rotatable bonds is 4. The van der Waals surface area contributed by atoms with Crippen molar-refractivity contribution in [3.05, 3.63) is 0 Å². The van der Waals surface area contributed by atoms with E-state index in [9.17, 15) is 9.59 Å². The highest BCUT2D eigenvalue weighted by Gasteiger charge is 2.32. The van der Waals surface area contributed by atoms with Gasteiger partial charge in [-0.1, -0.05) is 6.42 Å². The number of nitrogens with one attached hydrogen (secondary N) is 1. The van der Waals surface area contributed by atoms with Crippen LogP contribution >= 0.6 is 0 Å². The number of fused-ring (bicyclic) bond motifs is 2. The van der Waals surface area contributed by atoms with Crippen LogP contribution in [0.1, 0.15) is 45.4 Å². The Labute approximate surface area is 114 Å². The molecule has 5 heteroatoms. The lowest BCUT2D eigenvalue weighted by Gasteiger charge is -2.41. The first kappa shape index (κ1) is 14.2. The van der Waals surface area contributed by atoms with Gasteiger partial charge in [0.25, 0.3) is 0 Å². The molecule has 1 saturated carbocycles. The van der Waals surface area contributed by atoms with Crippen molar-refractivity contribution < 1.29 is 14.7 Å². The van der Waals surface area contributed by atoms with E-state index >= 15 is 0 Å². The molecule has 0 spiro atoms. The standard InChI is InChI=1S/C14H24N2O3/c1-10(5-6-13(17)18)15-14(19)16-8-11-3-2-4-12(7-11)9-16/h10-12H,2-9H2,1H3,(H,15,19)(H,17,18). The quantitative estimate of drug-likeness (QED) is 0.820. The van der Waals surface area contributed by atoms with E-state index in [4.69, 9.17) is 5.11 Å². The molecule has 0 aromatic carbocycles. The maximum atomic E-state index is 12.2. The van der Waals surface area contributed by atoms with Gasteiger partial charge in [-0.05, 0) is 44.4 Å². The summed E-state index contributed by atoms with van der Waals surface area (Å²) in [5.74, 6) is 0.536. The Bertz CT molecular complexity index is 334. The van der Waals surface area contributed by atoms with Crippen LogP contribution in [0, 0.1) is 11.8 Å². The molecule has 1 aliphatic heterocycles. The first-order valence-corrected chi connectivity index (χ1v) is 7.32. The number of hydrogen-bond acceptors (Lipinski definition) is 2. The van der Waals surface area contributed by atoms with Gasteiger partial charge in [0.05, 0.1) is 0 Å². The molecule has 3 unspecified atom stereocenters. The molecule has 1 saturated heterocycles. The molecule has 2 fully saturated rings. The molecular formula is C14H24N2O3. The summed E-state index contributed by atoms with van der Waals surface area (Å²) < 4.78 is 0. The van der Waals surface area contributed by atoms with E-state index < -0.39 is 5.97 Å². The van der Waals surface area contributed by atoms with E-state index in [0.717, 1.165) is 13.1 Å². The summed E-state index contributed by atoms with van der Waals surface area (Å²) >= 11 is 0. The fourth-order valence-corrected chi connectivity index (χ4v) is 3.31. The molecule has 2 N–H and O–H groups in total. The van der Waals surface area contributed by atoms with Crippen LogP contribution in [0.4, 0.5) is 4.79 Å². The monoisotopic (exact) mass is 268 g/mol. The first-order valence-electron chi connectivity index (χ1n) is 7.32. The molecule has 0 aromatic rings. The average molecular weight is 268 g/mol. The number of aliphatic carboxylic acids is 1. The van der Waals surface area contributed by atoms with Crippen LogP contribution in [0.3, 0.4) is 0 Å². The number of nitrogens with zero attached hydrogens (tertiary/aromatic N) is 1. The molecule has 0 aromatic heterocycles. The van der Waals surface area contributed by atoms with Crippen molar-refractivity contribution in [3.63, 3.8) is 0 Å². The minimum absolute atomic E-state index is 0.0190. The number of likely N-dealkylation sites (tertiary alicyclic amines) is 1. The lowest BCUT2D eigenvalue weighted by Crippen LogP contribution is -2.51. The number of carboxylic acid groups (broad SMARTS) is 1. The summed E-state index contributed by atoms with van der Waals surface area (Å²) in [5.41, 5.74) is 0. The van der Waals surface area contributed by atoms with Crippen LogP contribution in [-0.4, -0.2) is 41.1 Å². The molecule has 3 atom stereocenters. The van der Waals surface area contributed by atoms with Crippen molar-refractivity contribution in [1.29, 1.82) is 0 Å². The molecule has 19 heavy (non-hydrogen) atoms. The van der Waals surface area contributed by atoms with Gasteiger partial charge >= 0.3 is 12.0 Å². The molecular weight excluding hydrogens is 244 g/mol. The summed E-state index contributed by atoms with van der Waals surface area (Å²) in [5, 5.41) is 11.5. The fraction of sp³-hybridized carbons (Fsp3) is 0.857. The Kier molecular flexibility index (Phi) is 4.66. The topological polar surface area (TPSA) is 69.6 Å². The number of carboxylic acids is 1. The summed E-state index contributed by atoms with van der Waals surface area (Å²) in [6, 6.07) is -0.0974. The third-order valence-corrected chi connectivity index (χ3v) is 4.30. The van der Waals surface area contributed by atoms with Crippen molar-refractivity contribution >= 4 is 12.0 Å². The van der Waals surface area contributed by atoms with Gasteiger partial charge in [0.1, 0.15) is 0 Å². The van der Waals surface area contributed by atoms with Crippen LogP contribution < -0.4 is 5.32 Å². The van der Waals surface area contributed by atoms with Crippen LogP contribution in [-0.2, 0) is 4.79 Å². The second-order valence-corrected chi connectivity index (χ2v) is 6.09. The zero-order chi connectivity index (χ0) is 13.8. The second kappa shape index (κ2) is 6.26. The summed E-state index contributed by atoms with van der Waals surface area (Å²) in [7, 11) is 0. The van der Waals surface area contributed by atoms with Crippen LogP contribution in [0.5, 0.6) is 0 Å². The summed E-state index contributed by atoms with van der Waals surface area (Å²) in [6.45, 7) is 3.60. The molecule has 1 heterocycles. The second-order valence-electron chi connectivity index (χ2n) is 6.09. The maximum Gasteiger partial charge on any atom is 0.317 e. The number of carbonyl (C=O) groups excluding carboxylic acids is 1. The maximum absolute atomic E-state index is 12.2. The zero-order valence-electron chi connectivity index (χ0n) is 11.6. The number of amides is 2. The third-order valence-electron chi connectivity index (χ3n) is 4.30. The van der Waals surface area contributed by atoms with Crippen molar-refractivity contribution in [3.8, 4) is 0 Å². The van der Waals surface area contributed by atoms with Gasteiger partial charge in [-0.15, -0.1) is 0 Å². The smallest absolute Gasteiger partial charge is 0.317 e. The molecule has 2 amide bonds. The minimum Gasteiger partial charge on any atom is -0.481 e. The molecule has 0 radical (unpaired) electrons. The largest absolute Gasteiger partial charge is 0.481 e. The van der Waals surface area contributed by atoms with Crippen LogP contribution in [0.25, 0.3) is 0 Å². The zero-order valence-corrected chi connectivity index (χ0v) is 11.6. The van der Waals surface area contributed by atoms with E-state index in [1.807, 2.05) is 11.8 Å². The normalized spacial score (nSPS) is 27.7. The lowest BCUT2D eigenvalue weighted by atomic mass is 9.78. The fourth-order valence-electron chi connectivity index (χ4n) is 3.31. The highest BCUT2D eigenvalue weighted by atomic mass is 16.4. The van der Waals surface area contributed by atoms with Gasteiger partial charge in [-0.25, -0.2) is 4.79 Å². The van der Waals surface area contributed by atoms with E-state index in [1.165, 1.54) is 25.7 Å². The van der Waals surface area contributed by atoms with Crippen molar-refractivity contribution in [2.45, 2.75) is 51.5 Å². The van der Waals surface area contributed by atoms with E-state index in [0.29, 0.717) is 18.3 Å². The first-order chi connectivity index (χ1) is 9.04. The Hall–Kier alpha value is -1.26. The van der Waals surface area contributed by atoms with Gasteiger partial charge in [0.15, 0.2) is 0 Å². The Morgan fingerprint density at radius 3 is 2.53 bits per heavy atom. The Morgan fingerprint density at radius 2 is 1.95 bits per heavy atom. The predicted octanol–water partition coefficient (Wildman–Crippen LogP) is 2.07. The SMILES string of the molecule is CC(CCC(=O)O)NC(=O)N1CC2CCCC(C2)C1. The van der Waals surface area contributed by atoms with Crippen molar-refractivity contribution in [2.75, 3.05) is 13.1 Å². The molecule has 2 rings (SSSR count). The minimum atomic E-state index is -0.811. The lowest BCUT2D eigenvalue weighted by molar-refractivity contribution is -0.137. The summed E-state index contributed by atoms with van der Waals surface area (Å²) in [4.78, 5) is 24.6. The van der Waals surface area contributed by atoms with Crippen molar-refractivity contribution in [1.82, 2.24) is 10.2 Å². The van der Waals surface area contributed by atoms with E-state index in [1.54, 1.807) is 0 Å². The van der Waals surface area contributed by atoms with Gasteiger partial charge in [-0.2, -0.15) is 0 Å². The van der Waals surface area contributed by atoms with Gasteiger partial charge < -0.3 is 15.3 Å². The number of hydrogen-bond donors (Lipinski definition) is 2. The molecule has 2 bridgehead atoms. The molecule has 108 valence electrons. The third kappa shape index (κ3) is 4.11.